The van der Waals surface area contributed by atoms with Crippen molar-refractivity contribution in [1.82, 2.24) is 10.2 Å². The third-order valence-corrected chi connectivity index (χ3v) is 11.6. The molecule has 48 heavy (non-hydrogen) atoms. The maximum absolute atomic E-state index is 14.8. The normalized spacial score (nSPS) is 14.2. The lowest BCUT2D eigenvalue weighted by Gasteiger charge is -2.35. The molecule has 11 heteroatoms. The molecule has 5 rings (SSSR count). The van der Waals surface area contributed by atoms with Gasteiger partial charge in [0.2, 0.25) is 11.8 Å². The molecule has 1 aliphatic carbocycles. The molecule has 1 saturated carbocycles. The van der Waals surface area contributed by atoms with Crippen molar-refractivity contribution in [3.63, 3.8) is 0 Å². The molecule has 0 heterocycles. The SMILES string of the molecule is Cc1c(Cl)cccc1N(CC(=O)N(Cc1c(Cl)cccc1Cl)C(Cc1ccccc1)C(=O)NC1CCCCC1)S(=O)(=O)c1ccccc1. The van der Waals surface area contributed by atoms with Crippen molar-refractivity contribution in [2.24, 2.45) is 0 Å². The van der Waals surface area contributed by atoms with Gasteiger partial charge in [-0.3, -0.25) is 13.9 Å². The van der Waals surface area contributed by atoms with Gasteiger partial charge in [-0.05, 0) is 67.3 Å². The predicted octanol–water partition coefficient (Wildman–Crippen LogP) is 8.24. The lowest BCUT2D eigenvalue weighted by atomic mass is 9.94. The number of nitrogens with zero attached hydrogens (tertiary/aromatic N) is 2. The number of nitrogens with one attached hydrogen (secondary N) is 1. The van der Waals surface area contributed by atoms with Crippen LogP contribution in [0.1, 0.15) is 48.8 Å². The third-order valence-electron chi connectivity index (χ3n) is 8.73. The van der Waals surface area contributed by atoms with Gasteiger partial charge in [-0.2, -0.15) is 0 Å². The van der Waals surface area contributed by atoms with Crippen molar-refractivity contribution >= 4 is 62.3 Å². The second-order valence-corrected chi connectivity index (χ2v) is 15.1. The van der Waals surface area contributed by atoms with Gasteiger partial charge in [-0.25, -0.2) is 8.42 Å². The molecule has 0 radical (unpaired) electrons. The molecule has 7 nitrogen and oxygen atoms in total. The smallest absolute Gasteiger partial charge is 0.264 e. The first-order chi connectivity index (χ1) is 23.1. The number of carbonyl (C=O) groups excluding carboxylic acids is 2. The largest absolute Gasteiger partial charge is 0.352 e. The van der Waals surface area contributed by atoms with E-state index in [-0.39, 0.29) is 35.5 Å². The zero-order valence-corrected chi connectivity index (χ0v) is 29.7. The van der Waals surface area contributed by atoms with Gasteiger partial charge in [0.25, 0.3) is 10.0 Å². The maximum Gasteiger partial charge on any atom is 0.264 e. The molecule has 2 amide bonds. The number of anilines is 1. The van der Waals surface area contributed by atoms with Crippen LogP contribution in [0.15, 0.2) is 102 Å². The Bertz CT molecular complexity index is 1820. The number of carbonyl (C=O) groups is 2. The Morgan fingerprint density at radius 2 is 1.38 bits per heavy atom. The van der Waals surface area contributed by atoms with Gasteiger partial charge < -0.3 is 10.2 Å². The number of halogens is 3. The average Bonchev–Trinajstić information content (AvgIpc) is 3.09. The van der Waals surface area contributed by atoms with Gasteiger partial charge >= 0.3 is 0 Å². The fourth-order valence-corrected chi connectivity index (χ4v) is 8.23. The maximum atomic E-state index is 14.8. The van der Waals surface area contributed by atoms with E-state index >= 15 is 0 Å². The molecule has 1 N–H and O–H groups in total. The second kappa shape index (κ2) is 16.2. The number of sulfonamides is 1. The quantitative estimate of drug-likeness (QED) is 0.159. The Morgan fingerprint density at radius 1 is 0.792 bits per heavy atom. The van der Waals surface area contributed by atoms with E-state index in [9.17, 15) is 18.0 Å². The van der Waals surface area contributed by atoms with Gasteiger partial charge in [0.1, 0.15) is 12.6 Å². The highest BCUT2D eigenvalue weighted by Crippen LogP contribution is 2.32. The molecule has 1 atom stereocenters. The van der Waals surface area contributed by atoms with Crippen LogP contribution in [0.3, 0.4) is 0 Å². The van der Waals surface area contributed by atoms with Crippen LogP contribution in [-0.2, 0) is 32.6 Å². The highest BCUT2D eigenvalue weighted by molar-refractivity contribution is 7.92. The summed E-state index contributed by atoms with van der Waals surface area (Å²) < 4.78 is 29.6. The van der Waals surface area contributed by atoms with E-state index < -0.39 is 28.5 Å². The Hall–Kier alpha value is -3.56. The fraction of sp³-hybridized carbons (Fsp3) is 0.297. The van der Waals surface area contributed by atoms with E-state index in [4.69, 9.17) is 34.8 Å². The van der Waals surface area contributed by atoms with Crippen LogP contribution in [0.2, 0.25) is 15.1 Å². The third kappa shape index (κ3) is 8.53. The zero-order chi connectivity index (χ0) is 34.3. The van der Waals surface area contributed by atoms with Crippen molar-refractivity contribution in [3.05, 3.63) is 129 Å². The Morgan fingerprint density at radius 3 is 2.02 bits per heavy atom. The lowest BCUT2D eigenvalue weighted by molar-refractivity contribution is -0.140. The van der Waals surface area contributed by atoms with Crippen LogP contribution in [0.5, 0.6) is 0 Å². The minimum atomic E-state index is -4.26. The summed E-state index contributed by atoms with van der Waals surface area (Å²) in [6, 6.07) is 26.3. The summed E-state index contributed by atoms with van der Waals surface area (Å²) in [4.78, 5) is 30.5. The number of amides is 2. The summed E-state index contributed by atoms with van der Waals surface area (Å²) in [6.07, 6.45) is 5.03. The van der Waals surface area contributed by atoms with Crippen LogP contribution in [-0.4, -0.2) is 43.8 Å². The van der Waals surface area contributed by atoms with Gasteiger partial charge in [0, 0.05) is 39.6 Å². The minimum absolute atomic E-state index is 0.00810. The number of benzene rings is 4. The molecule has 4 aromatic rings. The predicted molar refractivity (Wildman–Crippen MR) is 193 cm³/mol. The fourth-order valence-electron chi connectivity index (χ4n) is 6.05. The van der Waals surface area contributed by atoms with Gasteiger partial charge in [0.15, 0.2) is 0 Å². The van der Waals surface area contributed by atoms with Crippen LogP contribution in [0.4, 0.5) is 5.69 Å². The highest BCUT2D eigenvalue weighted by Gasteiger charge is 2.36. The van der Waals surface area contributed by atoms with E-state index in [1.54, 1.807) is 61.5 Å². The molecule has 0 spiro atoms. The van der Waals surface area contributed by atoms with Gasteiger partial charge in [0.05, 0.1) is 10.6 Å². The standard InChI is InChI=1S/C37H38Cl3N3O4S/c1-26-31(38)19-12-22-34(26)43(48(46,47)29-17-9-4-10-18-29)25-36(44)42(24-30-32(39)20-11-21-33(30)40)35(23-27-13-5-2-6-14-27)37(45)41-28-15-7-3-8-16-28/h2,4-6,9-14,17-22,28,35H,3,7-8,15-16,23-25H2,1H3,(H,41,45). The number of hydrogen-bond acceptors (Lipinski definition) is 4. The van der Waals surface area contributed by atoms with Crippen LogP contribution >= 0.6 is 34.8 Å². The molecule has 0 bridgehead atoms. The Kier molecular flexibility index (Phi) is 12.1. The molecular formula is C37H38Cl3N3O4S. The summed E-state index contributed by atoms with van der Waals surface area (Å²) in [6.45, 7) is 0.968. The molecule has 1 fully saturated rings. The second-order valence-electron chi connectivity index (χ2n) is 12.0. The van der Waals surface area contributed by atoms with Gasteiger partial charge in [-0.15, -0.1) is 0 Å². The minimum Gasteiger partial charge on any atom is -0.352 e. The van der Waals surface area contributed by atoms with E-state index in [2.05, 4.69) is 5.32 Å². The van der Waals surface area contributed by atoms with E-state index in [0.29, 0.717) is 26.2 Å². The van der Waals surface area contributed by atoms with Crippen molar-refractivity contribution in [3.8, 4) is 0 Å². The summed E-state index contributed by atoms with van der Waals surface area (Å²) in [5, 5.41) is 4.20. The summed E-state index contributed by atoms with van der Waals surface area (Å²) in [5.41, 5.74) is 2.03. The highest BCUT2D eigenvalue weighted by atomic mass is 35.5. The first kappa shape index (κ1) is 35.7. The number of hydrogen-bond donors (Lipinski definition) is 1. The summed E-state index contributed by atoms with van der Waals surface area (Å²) >= 11 is 19.7. The van der Waals surface area contributed by atoms with Crippen LogP contribution in [0, 0.1) is 6.92 Å². The monoisotopic (exact) mass is 725 g/mol. The zero-order valence-electron chi connectivity index (χ0n) is 26.6. The van der Waals surface area contributed by atoms with Gasteiger partial charge in [-0.1, -0.05) is 115 Å². The molecule has 4 aromatic carbocycles. The lowest BCUT2D eigenvalue weighted by Crippen LogP contribution is -2.55. The van der Waals surface area contributed by atoms with E-state index in [0.717, 1.165) is 42.0 Å². The van der Waals surface area contributed by atoms with Crippen LogP contribution < -0.4 is 9.62 Å². The Labute approximate surface area is 297 Å². The summed E-state index contributed by atoms with van der Waals surface area (Å²) in [5.74, 6) is -0.928. The number of rotatable bonds is 12. The molecular weight excluding hydrogens is 689 g/mol. The molecule has 252 valence electrons. The molecule has 1 unspecified atom stereocenters. The molecule has 1 aliphatic rings. The van der Waals surface area contributed by atoms with Crippen molar-refractivity contribution in [2.75, 3.05) is 10.8 Å². The van der Waals surface area contributed by atoms with E-state index in [1.165, 1.54) is 17.0 Å². The molecule has 0 saturated heterocycles. The van der Waals surface area contributed by atoms with E-state index in [1.807, 2.05) is 30.3 Å². The molecule has 0 aliphatic heterocycles. The van der Waals surface area contributed by atoms with Crippen molar-refractivity contribution in [1.29, 1.82) is 0 Å². The first-order valence-corrected chi connectivity index (χ1v) is 18.5. The van der Waals surface area contributed by atoms with Crippen LogP contribution in [0.25, 0.3) is 0 Å². The topological polar surface area (TPSA) is 86.8 Å². The molecule has 0 aromatic heterocycles. The van der Waals surface area contributed by atoms with Crippen molar-refractivity contribution < 1.29 is 18.0 Å². The average molecular weight is 727 g/mol. The Balaban J connectivity index is 1.61. The first-order valence-electron chi connectivity index (χ1n) is 16.0. The van der Waals surface area contributed by atoms with Crippen molar-refractivity contribution in [2.45, 2.75) is 69.0 Å². The summed E-state index contributed by atoms with van der Waals surface area (Å²) in [7, 11) is -4.26.